The first-order chi connectivity index (χ1) is 12.6. The number of rotatable bonds is 3. The average Bonchev–Trinajstić information content (AvgIpc) is 2.69. The van der Waals surface area contributed by atoms with Gasteiger partial charge in [0.1, 0.15) is 6.61 Å². The fourth-order valence-electron chi connectivity index (χ4n) is 3.64. The number of carbonyl (C=O) groups is 1. The first-order valence-corrected chi connectivity index (χ1v) is 9.16. The molecule has 1 amide bonds. The highest BCUT2D eigenvalue weighted by Gasteiger charge is 2.40. The maximum Gasteiger partial charge on any atom is 0.251 e. The predicted octanol–water partition coefficient (Wildman–Crippen LogP) is 3.07. The number of hydrogen-bond donors (Lipinski definition) is 1. The molecule has 1 saturated heterocycles. The van der Waals surface area contributed by atoms with Gasteiger partial charge >= 0.3 is 0 Å². The van der Waals surface area contributed by atoms with Crippen LogP contribution in [0.3, 0.4) is 0 Å². The minimum Gasteiger partial charge on any atom is -0.484 e. The first kappa shape index (κ1) is 16.9. The summed E-state index contributed by atoms with van der Waals surface area (Å²) in [6.07, 6.45) is 1.80. The number of carbonyl (C=O) groups excluding carboxylic acids is 1. The number of nitrogens with zero attached hydrogens (tertiary/aromatic N) is 1. The second-order valence-corrected chi connectivity index (χ2v) is 7.11. The number of amides is 1. The van der Waals surface area contributed by atoms with Crippen molar-refractivity contribution in [3.8, 4) is 11.5 Å². The van der Waals surface area contributed by atoms with Crippen molar-refractivity contribution in [1.82, 2.24) is 10.2 Å². The fourth-order valence-corrected chi connectivity index (χ4v) is 3.64. The molecule has 5 heteroatoms. The quantitative estimate of drug-likeness (QED) is 0.922. The van der Waals surface area contributed by atoms with Crippen LogP contribution in [0.5, 0.6) is 11.5 Å². The topological polar surface area (TPSA) is 50.8 Å². The standard InChI is InChI=1S/C21H24N2O3/c1-21(15-25-18-9-5-6-10-19(18)26-21)23-13-11-17(12-14-23)22-20(24)16-7-3-2-4-8-16/h2-10,17H,11-15H2,1H3,(H,22,24). The van der Waals surface area contributed by atoms with Crippen LogP contribution in [0.1, 0.15) is 30.1 Å². The van der Waals surface area contributed by atoms with E-state index in [1.165, 1.54) is 0 Å². The fraction of sp³-hybridized carbons (Fsp3) is 0.381. The molecule has 0 spiro atoms. The zero-order valence-electron chi connectivity index (χ0n) is 15.0. The van der Waals surface area contributed by atoms with E-state index in [1.807, 2.05) is 54.6 Å². The Morgan fingerprint density at radius 2 is 1.69 bits per heavy atom. The Morgan fingerprint density at radius 1 is 1.04 bits per heavy atom. The van der Waals surface area contributed by atoms with Gasteiger partial charge in [-0.25, -0.2) is 0 Å². The van der Waals surface area contributed by atoms with E-state index in [0.717, 1.165) is 37.4 Å². The summed E-state index contributed by atoms with van der Waals surface area (Å²) in [7, 11) is 0. The number of hydrogen-bond acceptors (Lipinski definition) is 4. The van der Waals surface area contributed by atoms with Crippen LogP contribution in [0.4, 0.5) is 0 Å². The molecule has 0 bridgehead atoms. The lowest BCUT2D eigenvalue weighted by Gasteiger charge is -2.46. The highest BCUT2D eigenvalue weighted by Crippen LogP contribution is 2.37. The van der Waals surface area contributed by atoms with Crippen molar-refractivity contribution < 1.29 is 14.3 Å². The van der Waals surface area contributed by atoms with E-state index in [1.54, 1.807) is 0 Å². The number of ether oxygens (including phenoxy) is 2. The summed E-state index contributed by atoms with van der Waals surface area (Å²) in [6.45, 7) is 4.31. The van der Waals surface area contributed by atoms with Crippen molar-refractivity contribution in [2.24, 2.45) is 0 Å². The third-order valence-corrected chi connectivity index (χ3v) is 5.21. The summed E-state index contributed by atoms with van der Waals surface area (Å²) in [4.78, 5) is 14.6. The van der Waals surface area contributed by atoms with Crippen LogP contribution in [0, 0.1) is 0 Å². The lowest BCUT2D eigenvalue weighted by Crippen LogP contribution is -2.60. The third-order valence-electron chi connectivity index (χ3n) is 5.21. The number of likely N-dealkylation sites (tertiary alicyclic amines) is 1. The summed E-state index contributed by atoms with van der Waals surface area (Å²) in [5, 5.41) is 3.15. The van der Waals surface area contributed by atoms with E-state index in [9.17, 15) is 4.79 Å². The molecule has 2 aliphatic heterocycles. The van der Waals surface area contributed by atoms with E-state index in [4.69, 9.17) is 9.47 Å². The zero-order valence-corrected chi connectivity index (χ0v) is 15.0. The monoisotopic (exact) mass is 352 g/mol. The Kier molecular flexibility index (Phi) is 4.55. The van der Waals surface area contributed by atoms with Gasteiger partial charge in [0, 0.05) is 24.7 Å². The summed E-state index contributed by atoms with van der Waals surface area (Å²) in [5.74, 6) is 1.59. The number of nitrogens with one attached hydrogen (secondary N) is 1. The van der Waals surface area contributed by atoms with Crippen LogP contribution in [0.15, 0.2) is 54.6 Å². The van der Waals surface area contributed by atoms with Crippen LogP contribution in [-0.2, 0) is 0 Å². The van der Waals surface area contributed by atoms with Crippen LogP contribution in [0.2, 0.25) is 0 Å². The normalized spacial score (nSPS) is 23.4. The molecule has 2 aromatic carbocycles. The molecule has 0 aliphatic carbocycles. The average molecular weight is 352 g/mol. The van der Waals surface area contributed by atoms with Crippen molar-refractivity contribution in [2.75, 3.05) is 19.7 Å². The SMILES string of the molecule is CC1(N2CCC(NC(=O)c3ccccc3)CC2)COc2ccccc2O1. The minimum absolute atomic E-state index is 0.00133. The molecule has 4 rings (SSSR count). The molecular formula is C21H24N2O3. The molecular weight excluding hydrogens is 328 g/mol. The molecule has 2 aliphatic rings. The van der Waals surface area contributed by atoms with E-state index in [2.05, 4.69) is 17.1 Å². The molecule has 5 nitrogen and oxygen atoms in total. The van der Waals surface area contributed by atoms with Crippen LogP contribution in [-0.4, -0.2) is 42.3 Å². The van der Waals surface area contributed by atoms with E-state index in [-0.39, 0.29) is 11.9 Å². The van der Waals surface area contributed by atoms with E-state index < -0.39 is 5.72 Å². The molecule has 1 unspecified atom stereocenters. The third kappa shape index (κ3) is 3.40. The van der Waals surface area contributed by atoms with Gasteiger partial charge in [0.15, 0.2) is 17.2 Å². The molecule has 136 valence electrons. The second-order valence-electron chi connectivity index (χ2n) is 7.11. The lowest BCUT2D eigenvalue weighted by atomic mass is 10.0. The van der Waals surface area contributed by atoms with Crippen LogP contribution >= 0.6 is 0 Å². The first-order valence-electron chi connectivity index (χ1n) is 9.16. The Balaban J connectivity index is 1.34. The van der Waals surface area contributed by atoms with Gasteiger partial charge in [0.05, 0.1) is 0 Å². The molecule has 26 heavy (non-hydrogen) atoms. The molecule has 1 fully saturated rings. The smallest absolute Gasteiger partial charge is 0.251 e. The molecule has 2 heterocycles. The van der Waals surface area contributed by atoms with Gasteiger partial charge < -0.3 is 14.8 Å². The van der Waals surface area contributed by atoms with Gasteiger partial charge in [0.25, 0.3) is 5.91 Å². The van der Waals surface area contributed by atoms with Gasteiger partial charge in [-0.1, -0.05) is 30.3 Å². The minimum atomic E-state index is -0.469. The van der Waals surface area contributed by atoms with Crippen molar-refractivity contribution in [3.63, 3.8) is 0 Å². The number of para-hydroxylation sites is 2. The summed E-state index contributed by atoms with van der Waals surface area (Å²) in [5.41, 5.74) is 0.241. The van der Waals surface area contributed by atoms with Crippen molar-refractivity contribution in [1.29, 1.82) is 0 Å². The maximum absolute atomic E-state index is 12.3. The number of benzene rings is 2. The number of piperidine rings is 1. The van der Waals surface area contributed by atoms with Gasteiger partial charge in [0.2, 0.25) is 0 Å². The summed E-state index contributed by atoms with van der Waals surface area (Å²) >= 11 is 0. The van der Waals surface area contributed by atoms with Crippen LogP contribution < -0.4 is 14.8 Å². The summed E-state index contributed by atoms with van der Waals surface area (Å²) in [6, 6.07) is 17.4. The maximum atomic E-state index is 12.3. The molecule has 1 N–H and O–H groups in total. The van der Waals surface area contributed by atoms with Gasteiger partial charge in [-0.3, -0.25) is 9.69 Å². The molecule has 1 atom stereocenters. The molecule has 2 aromatic rings. The van der Waals surface area contributed by atoms with Gasteiger partial charge in [-0.05, 0) is 44.0 Å². The van der Waals surface area contributed by atoms with E-state index >= 15 is 0 Å². The number of fused-ring (bicyclic) bond motifs is 1. The zero-order chi connectivity index (χ0) is 18.0. The Bertz CT molecular complexity index is 772. The van der Waals surface area contributed by atoms with Gasteiger partial charge in [-0.2, -0.15) is 0 Å². The van der Waals surface area contributed by atoms with Crippen molar-refractivity contribution >= 4 is 5.91 Å². The van der Waals surface area contributed by atoms with E-state index in [0.29, 0.717) is 12.2 Å². The van der Waals surface area contributed by atoms with Crippen molar-refractivity contribution in [2.45, 2.75) is 31.5 Å². The van der Waals surface area contributed by atoms with Crippen molar-refractivity contribution in [3.05, 3.63) is 60.2 Å². The Labute approximate surface area is 153 Å². The Hall–Kier alpha value is -2.53. The van der Waals surface area contributed by atoms with Crippen LogP contribution in [0.25, 0.3) is 0 Å². The molecule has 0 saturated carbocycles. The molecule has 0 aromatic heterocycles. The highest BCUT2D eigenvalue weighted by molar-refractivity contribution is 5.94. The lowest BCUT2D eigenvalue weighted by molar-refractivity contribution is -0.123. The molecule has 0 radical (unpaired) electrons. The Morgan fingerprint density at radius 3 is 2.42 bits per heavy atom. The largest absolute Gasteiger partial charge is 0.484 e. The highest BCUT2D eigenvalue weighted by atomic mass is 16.6. The van der Waals surface area contributed by atoms with Gasteiger partial charge in [-0.15, -0.1) is 0 Å². The predicted molar refractivity (Wildman–Crippen MR) is 99.5 cm³/mol. The summed E-state index contributed by atoms with van der Waals surface area (Å²) < 4.78 is 12.2. The second kappa shape index (κ2) is 7.00.